The van der Waals surface area contributed by atoms with Gasteiger partial charge in [0.05, 0.1) is 18.4 Å². The van der Waals surface area contributed by atoms with Crippen LogP contribution in [0, 0.1) is 0 Å². The molecule has 0 aliphatic rings. The minimum Gasteiger partial charge on any atom is -0.497 e. The van der Waals surface area contributed by atoms with Gasteiger partial charge < -0.3 is 15.2 Å². The van der Waals surface area contributed by atoms with E-state index in [1.165, 1.54) is 12.1 Å². The van der Waals surface area contributed by atoms with Crippen LogP contribution in [0.4, 0.5) is 11.6 Å². The number of aromatic nitrogens is 3. The van der Waals surface area contributed by atoms with Crippen LogP contribution >= 0.6 is 0 Å². The molecular weight excluding hydrogens is 344 g/mol. The van der Waals surface area contributed by atoms with Crippen molar-refractivity contribution in [2.75, 3.05) is 12.4 Å². The summed E-state index contributed by atoms with van der Waals surface area (Å²) in [7, 11) is 1.63. The van der Waals surface area contributed by atoms with Gasteiger partial charge in [-0.15, -0.1) is 5.10 Å². The van der Waals surface area contributed by atoms with E-state index in [1.807, 2.05) is 42.5 Å². The van der Waals surface area contributed by atoms with Crippen molar-refractivity contribution >= 4 is 23.3 Å². The summed E-state index contributed by atoms with van der Waals surface area (Å²) in [5, 5.41) is 16.6. The van der Waals surface area contributed by atoms with Gasteiger partial charge in [0.2, 0.25) is 5.95 Å². The maximum atomic E-state index is 10.9. The molecule has 27 heavy (non-hydrogen) atoms. The Balaban J connectivity index is 1.69. The van der Waals surface area contributed by atoms with E-state index in [4.69, 9.17) is 9.84 Å². The van der Waals surface area contributed by atoms with Crippen LogP contribution in [-0.2, 0) is 0 Å². The lowest BCUT2D eigenvalue weighted by molar-refractivity contribution is 0.0697. The lowest BCUT2D eigenvalue weighted by atomic mass is 10.1. The number of pyridine rings is 1. The van der Waals surface area contributed by atoms with E-state index in [0.29, 0.717) is 17.3 Å². The molecule has 134 valence electrons. The highest BCUT2D eigenvalue weighted by molar-refractivity contribution is 5.88. The average molecular weight is 360 g/mol. The molecule has 4 aromatic rings. The number of carboxylic acids is 1. The van der Waals surface area contributed by atoms with Gasteiger partial charge in [0.25, 0.3) is 0 Å². The van der Waals surface area contributed by atoms with Crippen molar-refractivity contribution in [2.24, 2.45) is 0 Å². The van der Waals surface area contributed by atoms with E-state index in [-0.39, 0.29) is 5.56 Å². The highest BCUT2D eigenvalue weighted by Gasteiger charge is 2.10. The molecule has 0 amide bonds. The first-order valence-electron chi connectivity index (χ1n) is 8.24. The van der Waals surface area contributed by atoms with Crippen LogP contribution in [0.15, 0.2) is 66.7 Å². The number of rotatable bonds is 5. The van der Waals surface area contributed by atoms with E-state index >= 15 is 0 Å². The van der Waals surface area contributed by atoms with Crippen LogP contribution in [0.25, 0.3) is 16.9 Å². The van der Waals surface area contributed by atoms with Gasteiger partial charge in [-0.1, -0.05) is 18.2 Å². The Kier molecular flexibility index (Phi) is 4.18. The third kappa shape index (κ3) is 3.30. The summed E-state index contributed by atoms with van der Waals surface area (Å²) in [6.45, 7) is 0. The van der Waals surface area contributed by atoms with Gasteiger partial charge >= 0.3 is 5.97 Å². The second kappa shape index (κ2) is 6.80. The summed E-state index contributed by atoms with van der Waals surface area (Å²) in [4.78, 5) is 15.4. The first-order chi connectivity index (χ1) is 13.1. The minimum atomic E-state index is -0.963. The smallest absolute Gasteiger partial charge is 0.335 e. The summed E-state index contributed by atoms with van der Waals surface area (Å²) < 4.78 is 7.05. The Labute approximate surface area is 154 Å². The van der Waals surface area contributed by atoms with Crippen molar-refractivity contribution in [3.63, 3.8) is 0 Å². The fourth-order valence-electron chi connectivity index (χ4n) is 2.78. The SMILES string of the molecule is COc1cccc(-c2cccc3nc(Nc4ccc(C(=O)O)cc4)nn23)c1. The minimum absolute atomic E-state index is 0.226. The molecule has 0 bridgehead atoms. The number of ether oxygens (including phenoxy) is 1. The van der Waals surface area contributed by atoms with Crippen LogP contribution in [0.3, 0.4) is 0 Å². The molecule has 2 heterocycles. The molecule has 0 aliphatic carbocycles. The van der Waals surface area contributed by atoms with Gasteiger partial charge in [-0.25, -0.2) is 9.31 Å². The normalized spacial score (nSPS) is 10.7. The summed E-state index contributed by atoms with van der Waals surface area (Å²) in [5.41, 5.74) is 3.47. The summed E-state index contributed by atoms with van der Waals surface area (Å²) in [6, 6.07) is 19.9. The molecule has 0 fully saturated rings. The van der Waals surface area contributed by atoms with Gasteiger partial charge in [-0.05, 0) is 48.5 Å². The third-order valence-corrected chi connectivity index (χ3v) is 4.11. The lowest BCUT2D eigenvalue weighted by Gasteiger charge is -2.06. The monoisotopic (exact) mass is 360 g/mol. The second-order valence-electron chi connectivity index (χ2n) is 5.86. The van der Waals surface area contributed by atoms with E-state index in [2.05, 4.69) is 15.4 Å². The Bertz CT molecular complexity index is 1120. The highest BCUT2D eigenvalue weighted by atomic mass is 16.5. The summed E-state index contributed by atoms with van der Waals surface area (Å²) in [5.74, 6) is 0.227. The molecule has 2 aromatic carbocycles. The maximum absolute atomic E-state index is 10.9. The molecule has 0 radical (unpaired) electrons. The molecule has 4 rings (SSSR count). The predicted molar refractivity (Wildman–Crippen MR) is 102 cm³/mol. The zero-order valence-electron chi connectivity index (χ0n) is 14.5. The molecule has 0 unspecified atom stereocenters. The van der Waals surface area contributed by atoms with Crippen LogP contribution in [0.1, 0.15) is 10.4 Å². The molecule has 2 N–H and O–H groups in total. The number of methoxy groups -OCH3 is 1. The molecular formula is C20H16N4O3. The van der Waals surface area contributed by atoms with Crippen LogP contribution in [0.5, 0.6) is 5.75 Å². The van der Waals surface area contributed by atoms with E-state index in [0.717, 1.165) is 17.0 Å². The Morgan fingerprint density at radius 2 is 1.85 bits per heavy atom. The number of carboxylic acid groups (broad SMARTS) is 1. The fraction of sp³-hybridized carbons (Fsp3) is 0.0500. The van der Waals surface area contributed by atoms with Crippen molar-refractivity contribution in [2.45, 2.75) is 0 Å². The van der Waals surface area contributed by atoms with E-state index in [1.54, 1.807) is 23.8 Å². The Morgan fingerprint density at radius 1 is 1.07 bits per heavy atom. The van der Waals surface area contributed by atoms with Crippen molar-refractivity contribution in [3.05, 3.63) is 72.3 Å². The number of nitrogens with zero attached hydrogens (tertiary/aromatic N) is 3. The zero-order valence-corrected chi connectivity index (χ0v) is 14.5. The molecule has 7 nitrogen and oxygen atoms in total. The van der Waals surface area contributed by atoms with E-state index in [9.17, 15) is 4.79 Å². The molecule has 0 spiro atoms. The molecule has 2 aromatic heterocycles. The Hall–Kier alpha value is -3.87. The number of hydrogen-bond acceptors (Lipinski definition) is 5. The number of carbonyl (C=O) groups is 1. The van der Waals surface area contributed by atoms with E-state index < -0.39 is 5.97 Å². The topological polar surface area (TPSA) is 88.8 Å². The highest BCUT2D eigenvalue weighted by Crippen LogP contribution is 2.25. The molecule has 0 atom stereocenters. The third-order valence-electron chi connectivity index (χ3n) is 4.11. The number of nitrogens with one attached hydrogen (secondary N) is 1. The standard InChI is InChI=1S/C20H16N4O3/c1-27-16-5-2-4-14(12-16)17-6-3-7-18-22-20(23-24(17)18)21-15-10-8-13(9-11-15)19(25)26/h2-12H,1H3,(H,21,23)(H,25,26). The first kappa shape index (κ1) is 16.6. The van der Waals surface area contributed by atoms with Gasteiger partial charge in [-0.3, -0.25) is 0 Å². The quantitative estimate of drug-likeness (QED) is 0.562. The van der Waals surface area contributed by atoms with Crippen molar-refractivity contribution in [3.8, 4) is 17.0 Å². The van der Waals surface area contributed by atoms with Crippen LogP contribution < -0.4 is 10.1 Å². The van der Waals surface area contributed by atoms with Crippen molar-refractivity contribution < 1.29 is 14.6 Å². The molecule has 0 saturated heterocycles. The zero-order chi connectivity index (χ0) is 18.8. The molecule has 7 heteroatoms. The Morgan fingerprint density at radius 3 is 2.59 bits per heavy atom. The lowest BCUT2D eigenvalue weighted by Crippen LogP contribution is -1.98. The van der Waals surface area contributed by atoms with Gasteiger partial charge in [0.15, 0.2) is 5.65 Å². The van der Waals surface area contributed by atoms with Crippen LogP contribution in [-0.4, -0.2) is 32.8 Å². The first-order valence-corrected chi connectivity index (χ1v) is 8.24. The van der Waals surface area contributed by atoms with Crippen molar-refractivity contribution in [1.29, 1.82) is 0 Å². The van der Waals surface area contributed by atoms with Gasteiger partial charge in [-0.2, -0.15) is 4.98 Å². The largest absolute Gasteiger partial charge is 0.497 e. The fourth-order valence-corrected chi connectivity index (χ4v) is 2.78. The number of anilines is 2. The summed E-state index contributed by atoms with van der Waals surface area (Å²) >= 11 is 0. The van der Waals surface area contributed by atoms with Crippen molar-refractivity contribution in [1.82, 2.24) is 14.6 Å². The summed E-state index contributed by atoms with van der Waals surface area (Å²) in [6.07, 6.45) is 0. The predicted octanol–water partition coefficient (Wildman–Crippen LogP) is 3.85. The number of hydrogen-bond donors (Lipinski definition) is 2. The average Bonchev–Trinajstić information content (AvgIpc) is 3.10. The second-order valence-corrected chi connectivity index (χ2v) is 5.86. The van der Waals surface area contributed by atoms with Crippen LogP contribution in [0.2, 0.25) is 0 Å². The molecule has 0 aliphatic heterocycles. The number of fused-ring (bicyclic) bond motifs is 1. The molecule has 0 saturated carbocycles. The van der Waals surface area contributed by atoms with Gasteiger partial charge in [0, 0.05) is 11.3 Å². The number of benzene rings is 2. The maximum Gasteiger partial charge on any atom is 0.335 e. The van der Waals surface area contributed by atoms with Gasteiger partial charge in [0.1, 0.15) is 5.75 Å². The number of aromatic carboxylic acids is 1.